The number of H-pyrrole nitrogens is 1. The van der Waals surface area contributed by atoms with Gasteiger partial charge in [-0.05, 0) is 18.1 Å². The Balaban J connectivity index is 2.83. The number of nitrogens with one attached hydrogen (secondary N) is 1. The molecular formula is C13H15NO2. The lowest BCUT2D eigenvalue weighted by atomic mass is 10.0. The highest BCUT2D eigenvalue weighted by atomic mass is 16.5. The number of hydrogen-bond acceptors (Lipinski definition) is 2. The Kier molecular flexibility index (Phi) is 2.69. The third kappa shape index (κ3) is 1.48. The number of hydrogen-bond donors (Lipinski definition) is 1. The minimum atomic E-state index is 0.289. The molecule has 3 heteroatoms. The summed E-state index contributed by atoms with van der Waals surface area (Å²) < 4.78 is 5.28. The number of carbonyl (C=O) groups excluding carboxylic acids is 1. The third-order valence-electron chi connectivity index (χ3n) is 2.77. The van der Waals surface area contributed by atoms with Crippen molar-refractivity contribution in [2.24, 2.45) is 0 Å². The summed E-state index contributed by atoms with van der Waals surface area (Å²) in [6.07, 6.45) is 0.899. The average Bonchev–Trinajstić information content (AvgIpc) is 2.67. The zero-order chi connectivity index (χ0) is 11.7. The van der Waals surface area contributed by atoms with Gasteiger partial charge in [0.25, 0.3) is 0 Å². The van der Waals surface area contributed by atoms with Crippen molar-refractivity contribution in [3.8, 4) is 5.75 Å². The van der Waals surface area contributed by atoms with Gasteiger partial charge in [0.05, 0.1) is 18.0 Å². The second-order valence-corrected chi connectivity index (χ2v) is 4.11. The largest absolute Gasteiger partial charge is 0.496 e. The lowest BCUT2D eigenvalue weighted by Crippen LogP contribution is -1.93. The van der Waals surface area contributed by atoms with Crippen LogP contribution < -0.4 is 4.74 Å². The first-order chi connectivity index (χ1) is 7.69. The van der Waals surface area contributed by atoms with Crippen molar-refractivity contribution in [1.82, 2.24) is 4.98 Å². The molecule has 0 aliphatic heterocycles. The first kappa shape index (κ1) is 10.7. The number of fused-ring (bicyclic) bond motifs is 1. The van der Waals surface area contributed by atoms with Gasteiger partial charge in [0.1, 0.15) is 5.75 Å². The maximum atomic E-state index is 11.2. The van der Waals surface area contributed by atoms with Gasteiger partial charge in [0, 0.05) is 11.3 Å². The summed E-state index contributed by atoms with van der Waals surface area (Å²) in [5.74, 6) is 1.03. The molecule has 0 spiro atoms. The van der Waals surface area contributed by atoms with Crippen LogP contribution in [0.15, 0.2) is 18.2 Å². The second-order valence-electron chi connectivity index (χ2n) is 4.11. The fourth-order valence-electron chi connectivity index (χ4n) is 2.01. The van der Waals surface area contributed by atoms with E-state index in [1.165, 1.54) is 0 Å². The first-order valence-electron chi connectivity index (χ1n) is 5.32. The van der Waals surface area contributed by atoms with Crippen molar-refractivity contribution < 1.29 is 9.53 Å². The Morgan fingerprint density at radius 3 is 2.69 bits per heavy atom. The van der Waals surface area contributed by atoms with Gasteiger partial charge in [-0.25, -0.2) is 0 Å². The summed E-state index contributed by atoms with van der Waals surface area (Å²) in [6, 6.07) is 5.74. The van der Waals surface area contributed by atoms with Gasteiger partial charge in [-0.2, -0.15) is 0 Å². The first-order valence-corrected chi connectivity index (χ1v) is 5.32. The summed E-state index contributed by atoms with van der Waals surface area (Å²) in [7, 11) is 1.62. The fraction of sp³-hybridized carbons (Fsp3) is 0.308. The van der Waals surface area contributed by atoms with Crippen molar-refractivity contribution in [1.29, 1.82) is 0 Å². The average molecular weight is 217 g/mol. The number of benzene rings is 1. The van der Waals surface area contributed by atoms with Crippen molar-refractivity contribution in [3.63, 3.8) is 0 Å². The van der Waals surface area contributed by atoms with Crippen molar-refractivity contribution in [2.75, 3.05) is 7.11 Å². The number of methoxy groups -OCH3 is 1. The van der Waals surface area contributed by atoms with Crippen LogP contribution in [-0.2, 0) is 0 Å². The van der Waals surface area contributed by atoms with E-state index in [4.69, 9.17) is 4.74 Å². The molecule has 0 aliphatic rings. The number of carbonyl (C=O) groups is 1. The molecule has 16 heavy (non-hydrogen) atoms. The molecule has 0 radical (unpaired) electrons. The Hall–Kier alpha value is -1.77. The van der Waals surface area contributed by atoms with Crippen LogP contribution in [0.1, 0.15) is 35.8 Å². The Labute approximate surface area is 94.4 Å². The van der Waals surface area contributed by atoms with Crippen LogP contribution >= 0.6 is 0 Å². The van der Waals surface area contributed by atoms with Gasteiger partial charge in [-0.3, -0.25) is 4.79 Å². The van der Waals surface area contributed by atoms with Crippen LogP contribution in [-0.4, -0.2) is 18.4 Å². The van der Waals surface area contributed by atoms with Crippen LogP contribution in [0, 0.1) is 0 Å². The molecule has 3 nitrogen and oxygen atoms in total. The lowest BCUT2D eigenvalue weighted by Gasteiger charge is -2.03. The van der Waals surface area contributed by atoms with E-state index in [-0.39, 0.29) is 5.92 Å². The predicted octanol–water partition coefficient (Wildman–Crippen LogP) is 3.11. The monoisotopic (exact) mass is 217 g/mol. The highest BCUT2D eigenvalue weighted by Gasteiger charge is 2.16. The minimum absolute atomic E-state index is 0.289. The van der Waals surface area contributed by atoms with E-state index < -0.39 is 0 Å². The van der Waals surface area contributed by atoms with Crippen molar-refractivity contribution in [2.45, 2.75) is 19.8 Å². The Morgan fingerprint density at radius 1 is 1.38 bits per heavy atom. The van der Waals surface area contributed by atoms with E-state index in [2.05, 4.69) is 18.8 Å². The molecule has 1 aromatic carbocycles. The molecule has 84 valence electrons. The highest BCUT2D eigenvalue weighted by Crippen LogP contribution is 2.32. The van der Waals surface area contributed by atoms with Gasteiger partial charge in [-0.1, -0.05) is 19.9 Å². The number of aromatic amines is 1. The van der Waals surface area contributed by atoms with Gasteiger partial charge >= 0.3 is 0 Å². The molecule has 0 unspecified atom stereocenters. The zero-order valence-electron chi connectivity index (χ0n) is 9.70. The molecule has 0 saturated heterocycles. The fourth-order valence-corrected chi connectivity index (χ4v) is 2.01. The van der Waals surface area contributed by atoms with E-state index in [1.54, 1.807) is 7.11 Å². The predicted molar refractivity (Wildman–Crippen MR) is 64.3 cm³/mol. The Bertz CT molecular complexity index is 526. The lowest BCUT2D eigenvalue weighted by molar-refractivity contribution is 0.112. The standard InChI is InChI=1S/C13H15NO2/c1-8(2)13-9(7-15)12-10(14-13)5-4-6-11(12)16-3/h4-8,14H,1-3H3. The second kappa shape index (κ2) is 4.00. The van der Waals surface area contributed by atoms with E-state index in [1.807, 2.05) is 18.2 Å². The van der Waals surface area contributed by atoms with Crippen LogP contribution in [0.25, 0.3) is 10.9 Å². The van der Waals surface area contributed by atoms with E-state index in [0.717, 1.165) is 28.6 Å². The summed E-state index contributed by atoms with van der Waals surface area (Å²) in [5, 5.41) is 0.878. The zero-order valence-corrected chi connectivity index (χ0v) is 9.70. The van der Waals surface area contributed by atoms with Gasteiger partial charge in [0.2, 0.25) is 0 Å². The molecule has 0 aliphatic carbocycles. The molecule has 1 aromatic heterocycles. The quantitative estimate of drug-likeness (QED) is 0.802. The Morgan fingerprint density at radius 2 is 2.12 bits per heavy atom. The van der Waals surface area contributed by atoms with Crippen LogP contribution in [0.5, 0.6) is 5.75 Å². The molecule has 0 atom stereocenters. The number of ether oxygens (including phenoxy) is 1. The van der Waals surface area contributed by atoms with Crippen molar-refractivity contribution in [3.05, 3.63) is 29.5 Å². The molecule has 1 N–H and O–H groups in total. The smallest absolute Gasteiger partial charge is 0.152 e. The normalized spacial score (nSPS) is 11.0. The van der Waals surface area contributed by atoms with E-state index >= 15 is 0 Å². The molecule has 2 aromatic rings. The molecule has 0 amide bonds. The maximum Gasteiger partial charge on any atom is 0.152 e. The molecule has 2 rings (SSSR count). The molecule has 1 heterocycles. The molecule has 0 fully saturated rings. The highest BCUT2D eigenvalue weighted by molar-refractivity contribution is 6.02. The number of rotatable bonds is 3. The number of aldehydes is 1. The van der Waals surface area contributed by atoms with Crippen LogP contribution in [0.3, 0.4) is 0 Å². The summed E-state index contributed by atoms with van der Waals surface area (Å²) in [4.78, 5) is 14.5. The molecule has 0 saturated carbocycles. The summed E-state index contributed by atoms with van der Waals surface area (Å²) in [6.45, 7) is 4.12. The molecule has 0 bridgehead atoms. The van der Waals surface area contributed by atoms with Gasteiger partial charge in [-0.15, -0.1) is 0 Å². The van der Waals surface area contributed by atoms with Gasteiger partial charge < -0.3 is 9.72 Å². The summed E-state index contributed by atoms with van der Waals surface area (Å²) in [5.41, 5.74) is 2.63. The minimum Gasteiger partial charge on any atom is -0.496 e. The molecular weight excluding hydrogens is 202 g/mol. The van der Waals surface area contributed by atoms with Crippen molar-refractivity contribution >= 4 is 17.2 Å². The van der Waals surface area contributed by atoms with Gasteiger partial charge in [0.15, 0.2) is 6.29 Å². The van der Waals surface area contributed by atoms with Crippen LogP contribution in [0.2, 0.25) is 0 Å². The van der Waals surface area contributed by atoms with E-state index in [0.29, 0.717) is 5.56 Å². The van der Waals surface area contributed by atoms with E-state index in [9.17, 15) is 4.79 Å². The SMILES string of the molecule is COc1cccc2[nH]c(C(C)C)c(C=O)c12. The van der Waals surface area contributed by atoms with Crippen LogP contribution in [0.4, 0.5) is 0 Å². The third-order valence-corrected chi connectivity index (χ3v) is 2.77. The maximum absolute atomic E-state index is 11.2. The number of aromatic nitrogens is 1. The topological polar surface area (TPSA) is 42.1 Å². The summed E-state index contributed by atoms with van der Waals surface area (Å²) >= 11 is 0.